The Balaban J connectivity index is 1.69. The fourth-order valence-electron chi connectivity index (χ4n) is 2.85. The molecule has 0 amide bonds. The van der Waals surface area contributed by atoms with E-state index in [2.05, 4.69) is 40.6 Å². The van der Waals surface area contributed by atoms with E-state index in [-0.39, 0.29) is 0 Å². The molecule has 0 spiro atoms. The minimum absolute atomic E-state index is 0.489. The molecule has 0 saturated heterocycles. The molecule has 1 aliphatic rings. The van der Waals surface area contributed by atoms with Gasteiger partial charge in [-0.3, -0.25) is 0 Å². The van der Waals surface area contributed by atoms with E-state index in [9.17, 15) is 0 Å². The molecule has 2 aromatic rings. The molecule has 1 heterocycles. The van der Waals surface area contributed by atoms with Crippen molar-refractivity contribution in [3.63, 3.8) is 0 Å². The molecule has 1 fully saturated rings. The highest BCUT2D eigenvalue weighted by Crippen LogP contribution is 2.32. The molecule has 0 unspecified atom stereocenters. The van der Waals surface area contributed by atoms with Crippen molar-refractivity contribution >= 4 is 11.8 Å². The van der Waals surface area contributed by atoms with Gasteiger partial charge in [0.05, 0.1) is 6.04 Å². The molecule has 0 atom stereocenters. The van der Waals surface area contributed by atoms with Crippen molar-refractivity contribution in [3.8, 4) is 0 Å². The van der Waals surface area contributed by atoms with E-state index in [0.29, 0.717) is 12.6 Å². The Morgan fingerprint density at radius 2 is 2.14 bits per heavy atom. The second-order valence-electron chi connectivity index (χ2n) is 5.60. The van der Waals surface area contributed by atoms with Gasteiger partial charge in [-0.1, -0.05) is 42.8 Å². The van der Waals surface area contributed by atoms with Gasteiger partial charge in [-0.25, -0.2) is 4.68 Å². The first-order chi connectivity index (χ1) is 10.3. The summed E-state index contributed by atoms with van der Waals surface area (Å²) < 4.78 is 2.02. The van der Waals surface area contributed by atoms with E-state index >= 15 is 0 Å². The molecule has 1 aliphatic carbocycles. The molecular weight excluding hydrogens is 282 g/mol. The first kappa shape index (κ1) is 14.5. The standard InChI is InChI=1S/C15H21N5S/c1-11-8-12(9-16)6-7-13(11)10-21-15-17-18-19-20(15)14-4-2-3-5-14/h6-8,14H,2-5,9-10,16H2,1H3. The predicted octanol–water partition coefficient (Wildman–Crippen LogP) is 2.85. The highest BCUT2D eigenvalue weighted by molar-refractivity contribution is 7.98. The number of nitrogens with zero attached hydrogens (tertiary/aromatic N) is 4. The third-order valence-electron chi connectivity index (χ3n) is 4.13. The minimum atomic E-state index is 0.489. The van der Waals surface area contributed by atoms with Gasteiger partial charge in [0.1, 0.15) is 0 Å². The van der Waals surface area contributed by atoms with Gasteiger partial charge in [-0.15, -0.1) is 5.10 Å². The summed E-state index contributed by atoms with van der Waals surface area (Å²) >= 11 is 1.72. The van der Waals surface area contributed by atoms with Crippen molar-refractivity contribution in [2.75, 3.05) is 0 Å². The molecule has 5 nitrogen and oxygen atoms in total. The van der Waals surface area contributed by atoms with Crippen LogP contribution in [0.25, 0.3) is 0 Å². The van der Waals surface area contributed by atoms with Crippen molar-refractivity contribution in [2.24, 2.45) is 5.73 Å². The van der Waals surface area contributed by atoms with Gasteiger partial charge in [0, 0.05) is 12.3 Å². The van der Waals surface area contributed by atoms with Crippen LogP contribution in [0.3, 0.4) is 0 Å². The average molecular weight is 303 g/mol. The predicted molar refractivity (Wildman–Crippen MR) is 84.0 cm³/mol. The number of nitrogens with two attached hydrogens (primary N) is 1. The van der Waals surface area contributed by atoms with Gasteiger partial charge >= 0.3 is 0 Å². The Morgan fingerprint density at radius 3 is 2.86 bits per heavy atom. The molecule has 112 valence electrons. The topological polar surface area (TPSA) is 69.6 Å². The molecular formula is C15H21N5S. The van der Waals surface area contributed by atoms with E-state index in [0.717, 1.165) is 10.9 Å². The van der Waals surface area contributed by atoms with E-state index in [1.807, 2.05) is 4.68 Å². The molecule has 1 aromatic carbocycles. The normalized spacial score (nSPS) is 15.7. The molecule has 6 heteroatoms. The zero-order valence-electron chi connectivity index (χ0n) is 12.3. The van der Waals surface area contributed by atoms with Crippen LogP contribution in [0.2, 0.25) is 0 Å². The summed E-state index contributed by atoms with van der Waals surface area (Å²) in [7, 11) is 0. The van der Waals surface area contributed by atoms with Crippen molar-refractivity contribution in [3.05, 3.63) is 34.9 Å². The Hall–Kier alpha value is -1.40. The van der Waals surface area contributed by atoms with Gasteiger partial charge in [0.25, 0.3) is 0 Å². The minimum Gasteiger partial charge on any atom is -0.326 e. The number of aromatic nitrogens is 4. The molecule has 0 bridgehead atoms. The van der Waals surface area contributed by atoms with Gasteiger partial charge in [-0.05, 0) is 46.9 Å². The summed E-state index contributed by atoms with van der Waals surface area (Å²) in [6.45, 7) is 2.73. The molecule has 0 aliphatic heterocycles. The van der Waals surface area contributed by atoms with Crippen LogP contribution in [0.4, 0.5) is 0 Å². The molecule has 0 radical (unpaired) electrons. The third kappa shape index (κ3) is 3.27. The van der Waals surface area contributed by atoms with E-state index < -0.39 is 0 Å². The number of benzene rings is 1. The summed E-state index contributed by atoms with van der Waals surface area (Å²) in [4.78, 5) is 0. The summed E-state index contributed by atoms with van der Waals surface area (Å²) in [5.41, 5.74) is 9.45. The Morgan fingerprint density at radius 1 is 1.33 bits per heavy atom. The van der Waals surface area contributed by atoms with Crippen molar-refractivity contribution < 1.29 is 0 Å². The monoisotopic (exact) mass is 303 g/mol. The van der Waals surface area contributed by atoms with Crippen LogP contribution in [-0.2, 0) is 12.3 Å². The van der Waals surface area contributed by atoms with Crippen molar-refractivity contribution in [1.29, 1.82) is 0 Å². The zero-order chi connectivity index (χ0) is 14.7. The Kier molecular flexibility index (Phi) is 4.55. The van der Waals surface area contributed by atoms with Gasteiger partial charge in [0.2, 0.25) is 5.16 Å². The maximum Gasteiger partial charge on any atom is 0.209 e. The Bertz CT molecular complexity index is 604. The Labute approximate surface area is 129 Å². The van der Waals surface area contributed by atoms with Crippen LogP contribution in [0, 0.1) is 6.92 Å². The molecule has 3 rings (SSSR count). The summed E-state index contributed by atoms with van der Waals surface area (Å²) in [5, 5.41) is 13.2. The van der Waals surface area contributed by atoms with Crippen LogP contribution in [-0.4, -0.2) is 20.2 Å². The first-order valence-electron chi connectivity index (χ1n) is 7.47. The molecule has 2 N–H and O–H groups in total. The fraction of sp³-hybridized carbons (Fsp3) is 0.533. The average Bonchev–Trinajstić information content (AvgIpc) is 3.16. The lowest BCUT2D eigenvalue weighted by atomic mass is 10.1. The second-order valence-corrected chi connectivity index (χ2v) is 6.54. The van der Waals surface area contributed by atoms with Crippen molar-refractivity contribution in [1.82, 2.24) is 20.2 Å². The van der Waals surface area contributed by atoms with Crippen LogP contribution in [0.1, 0.15) is 48.4 Å². The highest BCUT2D eigenvalue weighted by Gasteiger charge is 2.21. The largest absolute Gasteiger partial charge is 0.326 e. The van der Waals surface area contributed by atoms with E-state index in [4.69, 9.17) is 5.73 Å². The van der Waals surface area contributed by atoms with E-state index in [1.54, 1.807) is 11.8 Å². The van der Waals surface area contributed by atoms with Crippen LogP contribution in [0.15, 0.2) is 23.4 Å². The lowest BCUT2D eigenvalue weighted by Crippen LogP contribution is -2.08. The first-order valence-corrected chi connectivity index (χ1v) is 8.45. The van der Waals surface area contributed by atoms with Crippen LogP contribution >= 0.6 is 11.8 Å². The number of rotatable bonds is 5. The fourth-order valence-corrected chi connectivity index (χ4v) is 3.87. The van der Waals surface area contributed by atoms with Gasteiger partial charge in [0.15, 0.2) is 0 Å². The van der Waals surface area contributed by atoms with Crippen LogP contribution < -0.4 is 5.73 Å². The summed E-state index contributed by atoms with van der Waals surface area (Å²) in [6, 6.07) is 6.91. The highest BCUT2D eigenvalue weighted by atomic mass is 32.2. The molecule has 1 aromatic heterocycles. The number of hydrogen-bond donors (Lipinski definition) is 1. The van der Waals surface area contributed by atoms with Crippen LogP contribution in [0.5, 0.6) is 0 Å². The molecule has 1 saturated carbocycles. The number of hydrogen-bond acceptors (Lipinski definition) is 5. The zero-order valence-corrected chi connectivity index (χ0v) is 13.1. The maximum atomic E-state index is 5.67. The number of tetrazole rings is 1. The summed E-state index contributed by atoms with van der Waals surface area (Å²) in [6.07, 6.45) is 4.97. The second kappa shape index (κ2) is 6.58. The van der Waals surface area contributed by atoms with Gasteiger partial charge < -0.3 is 5.73 Å². The number of thioether (sulfide) groups is 1. The van der Waals surface area contributed by atoms with Crippen molar-refractivity contribution in [2.45, 2.75) is 56.1 Å². The molecule has 21 heavy (non-hydrogen) atoms. The lowest BCUT2D eigenvalue weighted by molar-refractivity contribution is 0.423. The lowest BCUT2D eigenvalue weighted by Gasteiger charge is -2.11. The summed E-state index contributed by atoms with van der Waals surface area (Å²) in [5.74, 6) is 0.893. The SMILES string of the molecule is Cc1cc(CN)ccc1CSc1nnnn1C1CCCC1. The van der Waals surface area contributed by atoms with Gasteiger partial charge in [-0.2, -0.15) is 0 Å². The maximum absolute atomic E-state index is 5.67. The number of aryl methyl sites for hydroxylation is 1. The quantitative estimate of drug-likeness (QED) is 0.860. The smallest absolute Gasteiger partial charge is 0.209 e. The van der Waals surface area contributed by atoms with E-state index in [1.165, 1.54) is 42.4 Å². The third-order valence-corrected chi connectivity index (χ3v) is 5.11.